The Kier molecular flexibility index (Phi) is 8.00. The Morgan fingerprint density at radius 1 is 1.39 bits per heavy atom. The van der Waals surface area contributed by atoms with Gasteiger partial charge in [-0.05, 0) is 23.6 Å². The number of aromatic nitrogens is 3. The molecule has 8 nitrogen and oxygen atoms in total. The van der Waals surface area contributed by atoms with Crippen LogP contribution in [0, 0.1) is 16.0 Å². The third-order valence-electron chi connectivity index (χ3n) is 2.69. The first-order valence-corrected chi connectivity index (χ1v) is 7.29. The number of hydrogen-bond donors (Lipinski definition) is 1. The summed E-state index contributed by atoms with van der Waals surface area (Å²) in [4.78, 5) is 12.3. The molecule has 0 aliphatic heterocycles. The Hall–Kier alpha value is -2.19. The molecule has 0 aliphatic carbocycles. The Morgan fingerprint density at radius 3 is 2.48 bits per heavy atom. The van der Waals surface area contributed by atoms with E-state index in [-0.39, 0.29) is 6.10 Å². The number of halogens is 1. The molecule has 1 heterocycles. The number of nitrogens with zero attached hydrogens (tertiary/aromatic N) is 4. The molecule has 2 aromatic rings. The highest BCUT2D eigenvalue weighted by molar-refractivity contribution is 6.30. The van der Waals surface area contributed by atoms with E-state index in [4.69, 9.17) is 31.7 Å². The zero-order chi connectivity index (χ0) is 17.2. The summed E-state index contributed by atoms with van der Waals surface area (Å²) in [7, 11) is 0. The van der Waals surface area contributed by atoms with Gasteiger partial charge in [-0.2, -0.15) is 5.10 Å². The summed E-state index contributed by atoms with van der Waals surface area (Å²) in [6.07, 6.45) is 3.18. The van der Waals surface area contributed by atoms with E-state index in [0.29, 0.717) is 19.1 Å². The van der Waals surface area contributed by atoms with Gasteiger partial charge in [-0.1, -0.05) is 37.6 Å². The van der Waals surface area contributed by atoms with Crippen molar-refractivity contribution in [3.05, 3.63) is 57.6 Å². The van der Waals surface area contributed by atoms with Crippen LogP contribution < -0.4 is 0 Å². The lowest BCUT2D eigenvalue weighted by Crippen LogP contribution is -2.15. The largest absolute Gasteiger partial charge is 0.371 e. The normalized spacial score (nSPS) is 11.7. The first-order valence-electron chi connectivity index (χ1n) is 6.91. The zero-order valence-corrected chi connectivity index (χ0v) is 13.6. The third-order valence-corrected chi connectivity index (χ3v) is 2.94. The molecule has 2 rings (SSSR count). The highest BCUT2D eigenvalue weighted by Gasteiger charge is 2.14. The van der Waals surface area contributed by atoms with Crippen molar-refractivity contribution in [2.45, 2.75) is 26.5 Å². The van der Waals surface area contributed by atoms with Gasteiger partial charge >= 0.3 is 0 Å². The summed E-state index contributed by atoms with van der Waals surface area (Å²) in [5, 5.41) is 18.5. The van der Waals surface area contributed by atoms with Crippen molar-refractivity contribution in [2.75, 3.05) is 6.61 Å². The van der Waals surface area contributed by atoms with Crippen LogP contribution in [0.4, 0.5) is 0 Å². The fraction of sp³-hybridized carbons (Fsp3) is 0.429. The van der Waals surface area contributed by atoms with E-state index in [2.05, 4.69) is 23.9 Å². The van der Waals surface area contributed by atoms with Gasteiger partial charge in [-0.25, -0.2) is 4.98 Å². The van der Waals surface area contributed by atoms with E-state index in [1.54, 1.807) is 11.0 Å². The zero-order valence-electron chi connectivity index (χ0n) is 12.9. The molecule has 0 fully saturated rings. The number of ether oxygens (including phenoxy) is 1. The Bertz CT molecular complexity index is 571. The van der Waals surface area contributed by atoms with E-state index in [1.807, 2.05) is 24.3 Å². The monoisotopic (exact) mass is 342 g/mol. The third kappa shape index (κ3) is 8.12. The second-order valence-corrected chi connectivity index (χ2v) is 5.56. The van der Waals surface area contributed by atoms with Gasteiger partial charge in [0, 0.05) is 11.6 Å². The quantitative estimate of drug-likeness (QED) is 0.639. The molecule has 126 valence electrons. The van der Waals surface area contributed by atoms with Crippen molar-refractivity contribution >= 4 is 11.6 Å². The standard InChI is InChI=1S/C14H18ClN3O.HNO3/c1-11(2)8-19-14(7-18-10-16-9-17-18)12-3-5-13(15)6-4-12;2-1(3)4/h3-6,9-11,14H,7-8H2,1-2H3;(H,2,3,4). The predicted molar refractivity (Wildman–Crippen MR) is 83.8 cm³/mol. The average Bonchev–Trinajstić information content (AvgIpc) is 2.96. The van der Waals surface area contributed by atoms with Gasteiger partial charge in [-0.3, -0.25) is 4.68 Å². The molecule has 1 aromatic heterocycles. The topological polar surface area (TPSA) is 103 Å². The maximum absolute atomic E-state index is 8.36. The van der Waals surface area contributed by atoms with Crippen molar-refractivity contribution in [3.8, 4) is 0 Å². The number of benzene rings is 1. The fourth-order valence-corrected chi connectivity index (χ4v) is 1.86. The van der Waals surface area contributed by atoms with Gasteiger partial charge in [0.15, 0.2) is 0 Å². The second-order valence-electron chi connectivity index (χ2n) is 5.12. The summed E-state index contributed by atoms with van der Waals surface area (Å²) >= 11 is 5.92. The molecule has 23 heavy (non-hydrogen) atoms. The summed E-state index contributed by atoms with van der Waals surface area (Å²) in [6.45, 7) is 5.62. The van der Waals surface area contributed by atoms with Crippen LogP contribution in [0.1, 0.15) is 25.5 Å². The van der Waals surface area contributed by atoms with Gasteiger partial charge < -0.3 is 9.94 Å². The average molecular weight is 343 g/mol. The molecule has 0 saturated carbocycles. The minimum atomic E-state index is -1.50. The molecule has 1 aromatic carbocycles. The van der Waals surface area contributed by atoms with Crippen molar-refractivity contribution < 1.29 is 15.0 Å². The Labute approximate surface area is 138 Å². The molecule has 1 N–H and O–H groups in total. The van der Waals surface area contributed by atoms with Crippen LogP contribution in [0.25, 0.3) is 0 Å². The predicted octanol–water partition coefficient (Wildman–Crippen LogP) is 3.00. The highest BCUT2D eigenvalue weighted by atomic mass is 35.5. The summed E-state index contributed by atoms with van der Waals surface area (Å²) in [5.74, 6) is 0.491. The SMILES string of the molecule is CC(C)COC(Cn1cncn1)c1ccc(Cl)cc1.O=[N+]([O-])O. The smallest absolute Gasteiger partial charge is 0.291 e. The summed E-state index contributed by atoms with van der Waals surface area (Å²) < 4.78 is 7.75. The summed E-state index contributed by atoms with van der Waals surface area (Å²) in [6, 6.07) is 7.74. The lowest BCUT2D eigenvalue weighted by Gasteiger charge is -2.19. The van der Waals surface area contributed by atoms with Gasteiger partial charge in [0.25, 0.3) is 5.09 Å². The fourth-order valence-electron chi connectivity index (χ4n) is 1.74. The minimum Gasteiger partial charge on any atom is -0.371 e. The molecule has 9 heteroatoms. The molecular formula is C14H19ClN4O4. The van der Waals surface area contributed by atoms with E-state index in [9.17, 15) is 0 Å². The maximum Gasteiger partial charge on any atom is 0.291 e. The van der Waals surface area contributed by atoms with Crippen molar-refractivity contribution in [3.63, 3.8) is 0 Å². The van der Waals surface area contributed by atoms with Gasteiger partial charge in [-0.15, -0.1) is 10.1 Å². The molecule has 0 spiro atoms. The molecule has 0 bridgehead atoms. The van der Waals surface area contributed by atoms with Crippen LogP contribution >= 0.6 is 11.6 Å². The van der Waals surface area contributed by atoms with Gasteiger partial charge in [0.05, 0.1) is 6.54 Å². The van der Waals surface area contributed by atoms with Crippen LogP contribution in [0.3, 0.4) is 0 Å². The van der Waals surface area contributed by atoms with Crippen LogP contribution in [0.2, 0.25) is 5.02 Å². The van der Waals surface area contributed by atoms with Crippen LogP contribution in [0.5, 0.6) is 0 Å². The highest BCUT2D eigenvalue weighted by Crippen LogP contribution is 2.22. The maximum atomic E-state index is 8.36. The van der Waals surface area contributed by atoms with Crippen molar-refractivity contribution in [1.82, 2.24) is 14.8 Å². The Morgan fingerprint density at radius 2 is 2.00 bits per heavy atom. The second kappa shape index (κ2) is 9.75. The number of hydrogen-bond acceptors (Lipinski definition) is 5. The van der Waals surface area contributed by atoms with Crippen molar-refractivity contribution in [2.24, 2.45) is 5.92 Å². The van der Waals surface area contributed by atoms with E-state index in [1.165, 1.54) is 6.33 Å². The molecule has 0 radical (unpaired) electrons. The van der Waals surface area contributed by atoms with E-state index < -0.39 is 5.09 Å². The minimum absolute atomic E-state index is 0.0404. The number of rotatable bonds is 6. The first kappa shape index (κ1) is 18.9. The first-order chi connectivity index (χ1) is 10.9. The van der Waals surface area contributed by atoms with Crippen LogP contribution in [0.15, 0.2) is 36.9 Å². The molecule has 1 unspecified atom stereocenters. The molecule has 0 saturated heterocycles. The lowest BCUT2D eigenvalue weighted by molar-refractivity contribution is -0.742. The van der Waals surface area contributed by atoms with Crippen molar-refractivity contribution in [1.29, 1.82) is 0 Å². The Balaban J connectivity index is 0.000000593. The lowest BCUT2D eigenvalue weighted by atomic mass is 10.1. The van der Waals surface area contributed by atoms with Crippen LogP contribution in [-0.4, -0.2) is 31.7 Å². The van der Waals surface area contributed by atoms with Crippen LogP contribution in [-0.2, 0) is 11.3 Å². The van der Waals surface area contributed by atoms with E-state index in [0.717, 1.165) is 10.6 Å². The van der Waals surface area contributed by atoms with E-state index >= 15 is 0 Å². The van der Waals surface area contributed by atoms with Gasteiger partial charge in [0.1, 0.15) is 18.8 Å². The molecule has 0 amide bonds. The molecular weight excluding hydrogens is 324 g/mol. The molecule has 0 aliphatic rings. The summed E-state index contributed by atoms with van der Waals surface area (Å²) in [5.41, 5.74) is 1.10. The van der Waals surface area contributed by atoms with Gasteiger partial charge in [0.2, 0.25) is 0 Å². The molecule has 1 atom stereocenters.